The molecule has 0 spiro atoms. The van der Waals surface area contributed by atoms with Gasteiger partial charge in [-0.05, 0) is 43.5 Å². The normalized spacial score (nSPS) is 16.4. The Morgan fingerprint density at radius 3 is 2.62 bits per heavy atom. The molecule has 1 aromatic carbocycles. The molecule has 1 aliphatic heterocycles. The number of anilines is 3. The number of benzene rings is 1. The van der Waals surface area contributed by atoms with Crippen molar-refractivity contribution in [1.82, 2.24) is 19.9 Å². The molecule has 8 nitrogen and oxygen atoms in total. The molecule has 6 rings (SSSR count). The highest BCUT2D eigenvalue weighted by Gasteiger charge is 2.52. The Hall–Kier alpha value is -3.86. The van der Waals surface area contributed by atoms with E-state index < -0.39 is 17.3 Å². The molecule has 0 radical (unpaired) electrons. The molecular formula is C25H21ClF3N7O. The van der Waals surface area contributed by atoms with E-state index in [-0.39, 0.29) is 40.0 Å². The monoisotopic (exact) mass is 527 g/mol. The number of pyridine rings is 2. The zero-order valence-electron chi connectivity index (χ0n) is 19.6. The SMILES string of the molecule is Cc1cc(N)nc(-c2cc3ncnc4c3c(c2Cl)OCCN4C2(c3cccnc3N)CC2)c1C(F)(F)F. The van der Waals surface area contributed by atoms with E-state index >= 15 is 0 Å². The minimum absolute atomic E-state index is 0.0147. The minimum Gasteiger partial charge on any atom is -0.489 e. The highest BCUT2D eigenvalue weighted by molar-refractivity contribution is 6.36. The maximum atomic E-state index is 14.1. The van der Waals surface area contributed by atoms with Crippen molar-refractivity contribution >= 4 is 40.0 Å². The van der Waals surface area contributed by atoms with Gasteiger partial charge in [0.2, 0.25) is 0 Å². The van der Waals surface area contributed by atoms with Crippen LogP contribution < -0.4 is 21.1 Å². The van der Waals surface area contributed by atoms with Crippen LogP contribution in [-0.4, -0.2) is 33.1 Å². The van der Waals surface area contributed by atoms with E-state index in [9.17, 15) is 13.2 Å². The maximum absolute atomic E-state index is 14.1. The standard InChI is InChI=1S/C25H21ClF3N7O/c1-12-9-16(30)35-20(18(12)25(27,28)29)13-10-15-17-21(19(13)26)37-8-7-36(23(17)34-11-33-15)24(4-5-24)14-3-2-6-32-22(14)31/h2-3,6,9-11H,4-5,7-8H2,1H3,(H2,30,35)(H2,31,32). The van der Waals surface area contributed by atoms with Crippen LogP contribution in [0.5, 0.6) is 5.75 Å². The van der Waals surface area contributed by atoms with Crippen molar-refractivity contribution in [2.24, 2.45) is 0 Å². The number of hydrogen-bond donors (Lipinski definition) is 2. The number of ether oxygens (including phenoxy) is 1. The summed E-state index contributed by atoms with van der Waals surface area (Å²) in [4.78, 5) is 19.3. The maximum Gasteiger partial charge on any atom is 0.418 e. The van der Waals surface area contributed by atoms with Gasteiger partial charge < -0.3 is 21.1 Å². The Balaban J connectivity index is 1.59. The third-order valence-electron chi connectivity index (χ3n) is 6.97. The number of nitrogens with zero attached hydrogens (tertiary/aromatic N) is 5. The van der Waals surface area contributed by atoms with Crippen LogP contribution in [0.3, 0.4) is 0 Å². The van der Waals surface area contributed by atoms with Gasteiger partial charge in [0.05, 0.1) is 39.3 Å². The Bertz CT molecular complexity index is 1570. The van der Waals surface area contributed by atoms with Crippen LogP contribution in [0.4, 0.5) is 30.6 Å². The molecule has 1 fully saturated rings. The third-order valence-corrected chi connectivity index (χ3v) is 7.35. The van der Waals surface area contributed by atoms with Gasteiger partial charge in [0.25, 0.3) is 0 Å². The van der Waals surface area contributed by atoms with E-state index in [4.69, 9.17) is 27.8 Å². The van der Waals surface area contributed by atoms with Crippen molar-refractivity contribution in [3.8, 4) is 17.0 Å². The van der Waals surface area contributed by atoms with Crippen LogP contribution in [0.15, 0.2) is 36.8 Å². The number of alkyl halides is 3. The average molecular weight is 528 g/mol. The number of nitrogen functional groups attached to an aromatic ring is 2. The van der Waals surface area contributed by atoms with Crippen LogP contribution in [0.1, 0.15) is 29.5 Å². The van der Waals surface area contributed by atoms with Crippen LogP contribution >= 0.6 is 11.6 Å². The molecule has 2 aliphatic rings. The lowest BCUT2D eigenvalue weighted by atomic mass is 9.98. The number of rotatable bonds is 3. The van der Waals surface area contributed by atoms with Crippen LogP contribution in [-0.2, 0) is 11.7 Å². The quantitative estimate of drug-likeness (QED) is 0.377. The van der Waals surface area contributed by atoms with Gasteiger partial charge in [-0.3, -0.25) is 0 Å². The largest absolute Gasteiger partial charge is 0.489 e. The van der Waals surface area contributed by atoms with E-state index in [1.807, 2.05) is 12.1 Å². The highest BCUT2D eigenvalue weighted by atomic mass is 35.5. The predicted molar refractivity (Wildman–Crippen MR) is 134 cm³/mol. The fourth-order valence-corrected chi connectivity index (χ4v) is 5.58. The Morgan fingerprint density at radius 1 is 1.14 bits per heavy atom. The van der Waals surface area contributed by atoms with Crippen LogP contribution in [0.25, 0.3) is 22.2 Å². The van der Waals surface area contributed by atoms with E-state index in [1.54, 1.807) is 6.20 Å². The van der Waals surface area contributed by atoms with Crippen molar-refractivity contribution in [1.29, 1.82) is 0 Å². The molecule has 0 bridgehead atoms. The molecule has 0 amide bonds. The van der Waals surface area contributed by atoms with Crippen molar-refractivity contribution in [2.45, 2.75) is 31.5 Å². The second kappa shape index (κ2) is 8.07. The van der Waals surface area contributed by atoms with E-state index in [0.29, 0.717) is 29.1 Å². The summed E-state index contributed by atoms with van der Waals surface area (Å²) in [7, 11) is 0. The van der Waals surface area contributed by atoms with Gasteiger partial charge in [-0.1, -0.05) is 17.7 Å². The molecule has 1 saturated carbocycles. The van der Waals surface area contributed by atoms with Gasteiger partial charge in [0, 0.05) is 17.3 Å². The third kappa shape index (κ3) is 3.59. The van der Waals surface area contributed by atoms with Crippen molar-refractivity contribution in [3.05, 3.63) is 58.5 Å². The molecule has 4 aromatic rings. The van der Waals surface area contributed by atoms with Crippen molar-refractivity contribution in [3.63, 3.8) is 0 Å². The van der Waals surface area contributed by atoms with E-state index in [0.717, 1.165) is 18.4 Å². The molecule has 0 unspecified atom stereocenters. The van der Waals surface area contributed by atoms with Gasteiger partial charge in [-0.15, -0.1) is 0 Å². The van der Waals surface area contributed by atoms with Gasteiger partial charge in [0.1, 0.15) is 30.4 Å². The molecule has 4 heterocycles. The zero-order valence-corrected chi connectivity index (χ0v) is 20.4. The molecule has 3 aromatic heterocycles. The fourth-order valence-electron chi connectivity index (χ4n) is 5.29. The number of hydrogen-bond acceptors (Lipinski definition) is 8. The summed E-state index contributed by atoms with van der Waals surface area (Å²) in [6, 6.07) is 6.45. The summed E-state index contributed by atoms with van der Waals surface area (Å²) in [6.45, 7) is 2.00. The molecule has 12 heteroatoms. The van der Waals surface area contributed by atoms with Gasteiger partial charge in [0.15, 0.2) is 5.75 Å². The number of aryl methyl sites for hydroxylation is 1. The highest BCUT2D eigenvalue weighted by Crippen LogP contribution is 2.56. The van der Waals surface area contributed by atoms with E-state index in [1.165, 1.54) is 25.4 Å². The second-order valence-corrected chi connectivity index (χ2v) is 9.59. The first-order chi connectivity index (χ1) is 17.6. The summed E-state index contributed by atoms with van der Waals surface area (Å²) < 4.78 is 48.3. The summed E-state index contributed by atoms with van der Waals surface area (Å²) >= 11 is 6.77. The molecule has 4 N–H and O–H groups in total. The Labute approximate surface area is 214 Å². The van der Waals surface area contributed by atoms with Crippen LogP contribution in [0, 0.1) is 6.92 Å². The lowest BCUT2D eigenvalue weighted by Crippen LogP contribution is -2.39. The summed E-state index contributed by atoms with van der Waals surface area (Å²) in [5.74, 6) is 1.16. The Morgan fingerprint density at radius 2 is 1.92 bits per heavy atom. The summed E-state index contributed by atoms with van der Waals surface area (Å²) in [6.07, 6.45) is 0.00102. The lowest BCUT2D eigenvalue weighted by molar-refractivity contribution is -0.137. The number of aromatic nitrogens is 4. The van der Waals surface area contributed by atoms with Gasteiger partial charge in [-0.2, -0.15) is 13.2 Å². The smallest absolute Gasteiger partial charge is 0.418 e. The first-order valence-electron chi connectivity index (χ1n) is 11.5. The average Bonchev–Trinajstić information content (AvgIpc) is 3.64. The lowest BCUT2D eigenvalue weighted by Gasteiger charge is -2.33. The first kappa shape index (κ1) is 23.5. The first-order valence-corrected chi connectivity index (χ1v) is 11.9. The molecule has 0 atom stereocenters. The molecule has 190 valence electrons. The second-order valence-electron chi connectivity index (χ2n) is 9.21. The molecular weight excluding hydrogens is 507 g/mol. The number of nitrogens with two attached hydrogens (primary N) is 2. The number of halogens is 4. The van der Waals surface area contributed by atoms with Gasteiger partial charge in [-0.25, -0.2) is 19.9 Å². The molecule has 1 aliphatic carbocycles. The summed E-state index contributed by atoms with van der Waals surface area (Å²) in [5.41, 5.74) is 11.6. The van der Waals surface area contributed by atoms with Crippen LogP contribution in [0.2, 0.25) is 5.02 Å². The van der Waals surface area contributed by atoms with Crippen molar-refractivity contribution < 1.29 is 17.9 Å². The molecule has 37 heavy (non-hydrogen) atoms. The predicted octanol–water partition coefficient (Wildman–Crippen LogP) is 5.12. The zero-order chi connectivity index (χ0) is 26.1. The molecule has 0 saturated heterocycles. The van der Waals surface area contributed by atoms with E-state index in [2.05, 4.69) is 24.8 Å². The Kier molecular flexibility index (Phi) is 5.13. The topological polar surface area (TPSA) is 116 Å². The minimum atomic E-state index is -4.68. The summed E-state index contributed by atoms with van der Waals surface area (Å²) in [5, 5.41) is 0.496. The van der Waals surface area contributed by atoms with Gasteiger partial charge >= 0.3 is 6.18 Å². The van der Waals surface area contributed by atoms with Crippen molar-refractivity contribution in [2.75, 3.05) is 29.5 Å². The fraction of sp³-hybridized carbons (Fsp3) is 0.280.